The summed E-state index contributed by atoms with van der Waals surface area (Å²) in [5, 5.41) is 8.34. The second-order valence-corrected chi connectivity index (χ2v) is 2.25. The van der Waals surface area contributed by atoms with E-state index in [4.69, 9.17) is 13.0 Å². The van der Waals surface area contributed by atoms with E-state index in [0.29, 0.717) is 0 Å². The number of benzene rings is 1. The first-order valence-electron chi connectivity index (χ1n) is 3.11. The minimum atomic E-state index is -1.81. The van der Waals surface area contributed by atoms with Crippen molar-refractivity contribution in [3.63, 3.8) is 0 Å². The van der Waals surface area contributed by atoms with Gasteiger partial charge >= 0.3 is 5.97 Å². The number of carboxylic acids is 1. The molecule has 0 amide bonds. The van der Waals surface area contributed by atoms with E-state index in [1.54, 1.807) is 0 Å². The zero-order valence-corrected chi connectivity index (χ0v) is 6.14. The van der Waals surface area contributed by atoms with E-state index in [1.165, 1.54) is 0 Å². The number of halogens is 3. The van der Waals surface area contributed by atoms with Crippen molar-refractivity contribution in [2.24, 2.45) is 0 Å². The summed E-state index contributed by atoms with van der Waals surface area (Å²) in [7, 11) is 4.89. The molecule has 2 radical (unpaired) electrons. The molecule has 1 rings (SSSR count). The Hall–Kier alpha value is -1.46. The first-order chi connectivity index (χ1) is 5.95. The summed E-state index contributed by atoms with van der Waals surface area (Å²) in [5.41, 5.74) is -2.09. The molecule has 0 fully saturated rings. The topological polar surface area (TPSA) is 37.3 Å². The molecule has 6 heteroatoms. The van der Waals surface area contributed by atoms with Crippen molar-refractivity contribution in [1.29, 1.82) is 0 Å². The third-order valence-electron chi connectivity index (χ3n) is 1.42. The number of aromatic carboxylic acids is 1. The third kappa shape index (κ3) is 1.51. The summed E-state index contributed by atoms with van der Waals surface area (Å²) in [6, 6.07) is 0.192. The van der Waals surface area contributed by atoms with E-state index in [2.05, 4.69) is 0 Å². The molecule has 66 valence electrons. The largest absolute Gasteiger partial charge is 0.478 e. The predicted molar refractivity (Wildman–Crippen MR) is 38.7 cm³/mol. The average molecular weight is 186 g/mol. The quantitative estimate of drug-likeness (QED) is 0.514. The van der Waals surface area contributed by atoms with Crippen LogP contribution < -0.4 is 5.46 Å². The van der Waals surface area contributed by atoms with Gasteiger partial charge in [0.15, 0.2) is 11.6 Å². The molecule has 13 heavy (non-hydrogen) atoms. The lowest BCUT2D eigenvalue weighted by Crippen LogP contribution is -2.22. The number of hydrogen-bond acceptors (Lipinski definition) is 1. The Morgan fingerprint density at radius 2 is 1.85 bits per heavy atom. The van der Waals surface area contributed by atoms with Crippen LogP contribution in [0.5, 0.6) is 0 Å². The lowest BCUT2D eigenvalue weighted by atomic mass is 9.89. The maximum absolute atomic E-state index is 12.7. The molecule has 0 atom stereocenters. The van der Waals surface area contributed by atoms with Gasteiger partial charge in [0.2, 0.25) is 0 Å². The standard InChI is InChI=1S/C7H2BF3O2/c8-5-2(9)1-3(10)6(11)4(5)7(12)13/h1H,(H,12,13). The normalized spacial score (nSPS) is 10.1. The molecule has 2 nitrogen and oxygen atoms in total. The van der Waals surface area contributed by atoms with Crippen molar-refractivity contribution >= 4 is 19.3 Å². The van der Waals surface area contributed by atoms with Crippen LogP contribution in [0.4, 0.5) is 13.2 Å². The molecule has 0 saturated heterocycles. The SMILES string of the molecule is [B]c1c(F)cc(F)c(F)c1C(=O)O. The van der Waals surface area contributed by atoms with Gasteiger partial charge < -0.3 is 5.11 Å². The van der Waals surface area contributed by atoms with Gasteiger partial charge in [-0.15, -0.1) is 0 Å². The lowest BCUT2D eigenvalue weighted by molar-refractivity contribution is 0.0692. The zero-order chi connectivity index (χ0) is 10.2. The number of carbonyl (C=O) groups is 1. The Morgan fingerprint density at radius 3 is 2.31 bits per heavy atom. The minimum Gasteiger partial charge on any atom is -0.478 e. The van der Waals surface area contributed by atoms with Gasteiger partial charge in [-0.2, -0.15) is 0 Å². The Balaban J connectivity index is 3.56. The van der Waals surface area contributed by atoms with E-state index < -0.39 is 34.4 Å². The highest BCUT2D eigenvalue weighted by Gasteiger charge is 2.20. The molecular formula is C7H2BF3O2. The van der Waals surface area contributed by atoms with Crippen molar-refractivity contribution in [3.05, 3.63) is 29.1 Å². The molecule has 0 spiro atoms. The summed E-state index contributed by atoms with van der Waals surface area (Å²) in [5.74, 6) is -6.35. The van der Waals surface area contributed by atoms with Gasteiger partial charge in [-0.25, -0.2) is 18.0 Å². The molecule has 1 aromatic carbocycles. The molecule has 1 N–H and O–H groups in total. The molecule has 0 aromatic heterocycles. The summed E-state index contributed by atoms with van der Waals surface area (Å²) < 4.78 is 37.7. The van der Waals surface area contributed by atoms with Gasteiger partial charge in [0, 0.05) is 6.07 Å². The van der Waals surface area contributed by atoms with E-state index in [9.17, 15) is 18.0 Å². The second kappa shape index (κ2) is 3.12. The molecular weight excluding hydrogens is 184 g/mol. The fourth-order valence-corrected chi connectivity index (χ4v) is 0.819. The van der Waals surface area contributed by atoms with E-state index in [1.807, 2.05) is 0 Å². The Morgan fingerprint density at radius 1 is 1.31 bits per heavy atom. The van der Waals surface area contributed by atoms with Crippen molar-refractivity contribution in [3.8, 4) is 0 Å². The maximum Gasteiger partial charge on any atom is 0.338 e. The summed E-state index contributed by atoms with van der Waals surface area (Å²) in [4.78, 5) is 10.3. The lowest BCUT2D eigenvalue weighted by Gasteiger charge is -2.04. The fourth-order valence-electron chi connectivity index (χ4n) is 0.819. The number of rotatable bonds is 1. The Labute approximate surface area is 72.4 Å². The van der Waals surface area contributed by atoms with Crippen LogP contribution in [0.2, 0.25) is 0 Å². The number of carboxylic acid groups (broad SMARTS) is 1. The van der Waals surface area contributed by atoms with Crippen molar-refractivity contribution in [2.45, 2.75) is 0 Å². The van der Waals surface area contributed by atoms with Crippen molar-refractivity contribution in [1.82, 2.24) is 0 Å². The van der Waals surface area contributed by atoms with Crippen LogP contribution in [-0.4, -0.2) is 18.9 Å². The van der Waals surface area contributed by atoms with E-state index in [0.717, 1.165) is 0 Å². The molecule has 0 unspecified atom stereocenters. The van der Waals surface area contributed by atoms with Gasteiger partial charge in [0.25, 0.3) is 0 Å². The van der Waals surface area contributed by atoms with E-state index >= 15 is 0 Å². The first-order valence-corrected chi connectivity index (χ1v) is 3.11. The van der Waals surface area contributed by atoms with Gasteiger partial charge in [0.1, 0.15) is 13.7 Å². The highest BCUT2D eigenvalue weighted by atomic mass is 19.2. The van der Waals surface area contributed by atoms with Crippen LogP contribution in [0.1, 0.15) is 10.4 Å². The average Bonchev–Trinajstić information content (AvgIpc) is 2.01. The van der Waals surface area contributed by atoms with Crippen molar-refractivity contribution < 1.29 is 23.1 Å². The maximum atomic E-state index is 12.7. The molecule has 0 aliphatic heterocycles. The zero-order valence-electron chi connectivity index (χ0n) is 6.14. The van der Waals surface area contributed by atoms with Gasteiger partial charge in [-0.3, -0.25) is 0 Å². The van der Waals surface area contributed by atoms with Crippen LogP contribution >= 0.6 is 0 Å². The van der Waals surface area contributed by atoms with Gasteiger partial charge in [0.05, 0.1) is 5.56 Å². The molecule has 1 aromatic rings. The van der Waals surface area contributed by atoms with E-state index in [-0.39, 0.29) is 6.07 Å². The highest BCUT2D eigenvalue weighted by Crippen LogP contribution is 2.11. The van der Waals surface area contributed by atoms with Crippen LogP contribution in [0, 0.1) is 17.5 Å². The second-order valence-electron chi connectivity index (χ2n) is 2.25. The Bertz CT molecular complexity index is 352. The molecule has 0 saturated carbocycles. The molecule has 0 aliphatic rings. The molecule has 0 aliphatic carbocycles. The van der Waals surface area contributed by atoms with Crippen LogP contribution in [0.15, 0.2) is 6.07 Å². The Kier molecular flexibility index (Phi) is 2.31. The summed E-state index contributed by atoms with van der Waals surface area (Å²) >= 11 is 0. The summed E-state index contributed by atoms with van der Waals surface area (Å²) in [6.45, 7) is 0. The van der Waals surface area contributed by atoms with Gasteiger partial charge in [-0.1, -0.05) is 0 Å². The van der Waals surface area contributed by atoms with Crippen LogP contribution in [0.3, 0.4) is 0 Å². The predicted octanol–water partition coefficient (Wildman–Crippen LogP) is 0.596. The smallest absolute Gasteiger partial charge is 0.338 e. The monoisotopic (exact) mass is 186 g/mol. The first kappa shape index (κ1) is 9.63. The van der Waals surface area contributed by atoms with Gasteiger partial charge in [-0.05, 0) is 5.46 Å². The van der Waals surface area contributed by atoms with Crippen LogP contribution in [-0.2, 0) is 0 Å². The van der Waals surface area contributed by atoms with Crippen LogP contribution in [0.25, 0.3) is 0 Å². The summed E-state index contributed by atoms with van der Waals surface area (Å²) in [6.07, 6.45) is 0. The number of hydrogen-bond donors (Lipinski definition) is 1. The minimum absolute atomic E-state index is 0.192. The highest BCUT2D eigenvalue weighted by molar-refractivity contribution is 6.36. The molecule has 0 heterocycles. The fraction of sp³-hybridized carbons (Fsp3) is 0. The van der Waals surface area contributed by atoms with Crippen molar-refractivity contribution in [2.75, 3.05) is 0 Å². The molecule has 0 bridgehead atoms. The third-order valence-corrected chi connectivity index (χ3v) is 1.42.